The first-order valence-corrected chi connectivity index (χ1v) is 8.96. The fourth-order valence-corrected chi connectivity index (χ4v) is 2.93. The Morgan fingerprint density at radius 1 is 0.821 bits per heavy atom. The molecule has 3 aromatic carbocycles. The Kier molecular flexibility index (Phi) is 6.07. The summed E-state index contributed by atoms with van der Waals surface area (Å²) < 4.78 is 5.31. The van der Waals surface area contributed by atoms with Crippen molar-refractivity contribution in [1.82, 2.24) is 5.32 Å². The largest absolute Gasteiger partial charge is 0.496 e. The lowest BCUT2D eigenvalue weighted by atomic mass is 10.1. The average molecular weight is 374 g/mol. The maximum Gasteiger partial charge on any atom is 0.255 e. The van der Waals surface area contributed by atoms with Crippen molar-refractivity contribution in [3.63, 3.8) is 0 Å². The third-order valence-corrected chi connectivity index (χ3v) is 4.44. The minimum Gasteiger partial charge on any atom is -0.496 e. The molecule has 0 aromatic heterocycles. The molecule has 0 aliphatic rings. The molecule has 0 saturated heterocycles. The molecule has 0 bridgehead atoms. The minimum absolute atomic E-state index is 0.247. The first-order chi connectivity index (χ1) is 13.6. The molecule has 5 heteroatoms. The van der Waals surface area contributed by atoms with Gasteiger partial charge in [-0.1, -0.05) is 48.5 Å². The fraction of sp³-hybridized carbons (Fsp3) is 0.130. The second kappa shape index (κ2) is 8.86. The first kappa shape index (κ1) is 19.2. The second-order valence-electron chi connectivity index (χ2n) is 6.31. The van der Waals surface area contributed by atoms with Crippen molar-refractivity contribution < 1.29 is 14.3 Å². The summed E-state index contributed by atoms with van der Waals surface area (Å²) in [6.45, 7) is 2.20. The van der Waals surface area contributed by atoms with E-state index in [4.69, 9.17) is 4.74 Å². The van der Waals surface area contributed by atoms with E-state index in [0.717, 1.165) is 11.1 Å². The maximum absolute atomic E-state index is 12.7. The van der Waals surface area contributed by atoms with Gasteiger partial charge in [0.1, 0.15) is 5.75 Å². The number of carbonyl (C=O) groups is 2. The van der Waals surface area contributed by atoms with Crippen molar-refractivity contribution in [1.29, 1.82) is 0 Å². The number of para-hydroxylation sites is 2. The summed E-state index contributed by atoms with van der Waals surface area (Å²) in [7, 11) is 1.59. The van der Waals surface area contributed by atoms with Crippen molar-refractivity contribution in [2.45, 2.75) is 13.5 Å². The number of ether oxygens (including phenoxy) is 1. The molecule has 2 amide bonds. The van der Waals surface area contributed by atoms with Gasteiger partial charge in [-0.3, -0.25) is 9.59 Å². The number of rotatable bonds is 6. The van der Waals surface area contributed by atoms with E-state index in [1.54, 1.807) is 37.4 Å². The lowest BCUT2D eigenvalue weighted by molar-refractivity contribution is 0.0951. The molecule has 28 heavy (non-hydrogen) atoms. The molecule has 3 aromatic rings. The van der Waals surface area contributed by atoms with Gasteiger partial charge in [0, 0.05) is 17.7 Å². The van der Waals surface area contributed by atoms with Crippen LogP contribution in [0.4, 0.5) is 5.69 Å². The van der Waals surface area contributed by atoms with E-state index in [2.05, 4.69) is 10.6 Å². The minimum atomic E-state index is -0.272. The number of carbonyl (C=O) groups excluding carboxylic acids is 2. The summed E-state index contributed by atoms with van der Waals surface area (Å²) in [5.41, 5.74) is 3.19. The van der Waals surface area contributed by atoms with Crippen LogP contribution in [0.15, 0.2) is 72.8 Å². The highest BCUT2D eigenvalue weighted by molar-refractivity contribution is 6.09. The topological polar surface area (TPSA) is 67.4 Å². The van der Waals surface area contributed by atoms with E-state index >= 15 is 0 Å². The fourth-order valence-electron chi connectivity index (χ4n) is 2.93. The zero-order valence-electron chi connectivity index (χ0n) is 15.9. The van der Waals surface area contributed by atoms with Crippen LogP contribution in [0.2, 0.25) is 0 Å². The predicted molar refractivity (Wildman–Crippen MR) is 110 cm³/mol. The zero-order valence-corrected chi connectivity index (χ0v) is 15.9. The quantitative estimate of drug-likeness (QED) is 0.680. The van der Waals surface area contributed by atoms with Gasteiger partial charge in [0.05, 0.1) is 18.4 Å². The summed E-state index contributed by atoms with van der Waals surface area (Å²) in [6, 6.07) is 21.8. The normalized spacial score (nSPS) is 10.2. The molecule has 142 valence electrons. The van der Waals surface area contributed by atoms with Crippen LogP contribution in [0.25, 0.3) is 0 Å². The van der Waals surface area contributed by atoms with Gasteiger partial charge in [-0.05, 0) is 36.8 Å². The van der Waals surface area contributed by atoms with Crippen LogP contribution >= 0.6 is 0 Å². The molecule has 0 aliphatic heterocycles. The van der Waals surface area contributed by atoms with Gasteiger partial charge in [-0.15, -0.1) is 0 Å². The monoisotopic (exact) mass is 374 g/mol. The van der Waals surface area contributed by atoms with Gasteiger partial charge < -0.3 is 15.4 Å². The second-order valence-corrected chi connectivity index (χ2v) is 6.31. The molecule has 2 N–H and O–H groups in total. The number of methoxy groups -OCH3 is 1. The van der Waals surface area contributed by atoms with E-state index in [0.29, 0.717) is 29.1 Å². The molecular weight excluding hydrogens is 352 g/mol. The van der Waals surface area contributed by atoms with Crippen LogP contribution in [-0.4, -0.2) is 18.9 Å². The lowest BCUT2D eigenvalue weighted by Crippen LogP contribution is -2.25. The van der Waals surface area contributed by atoms with Gasteiger partial charge in [0.25, 0.3) is 11.8 Å². The molecule has 0 fully saturated rings. The Morgan fingerprint density at radius 2 is 1.46 bits per heavy atom. The lowest BCUT2D eigenvalue weighted by Gasteiger charge is -2.13. The standard InChI is InChI=1S/C23H22N2O3/c1-16-9-3-5-11-18(16)23(27)25-20-13-7-6-12-19(20)22(26)24-15-17-10-4-8-14-21(17)28-2/h3-14H,15H2,1-2H3,(H,24,26)(H,25,27). The number of hydrogen-bond donors (Lipinski definition) is 2. The van der Waals surface area contributed by atoms with E-state index in [1.165, 1.54) is 0 Å². The summed E-state index contributed by atoms with van der Waals surface area (Å²) >= 11 is 0. The van der Waals surface area contributed by atoms with E-state index in [9.17, 15) is 9.59 Å². The van der Waals surface area contributed by atoms with Gasteiger partial charge in [-0.25, -0.2) is 0 Å². The highest BCUT2D eigenvalue weighted by Crippen LogP contribution is 2.19. The van der Waals surface area contributed by atoms with Crippen molar-refractivity contribution in [2.75, 3.05) is 12.4 Å². The summed E-state index contributed by atoms with van der Waals surface area (Å²) in [5.74, 6) is 0.193. The zero-order chi connectivity index (χ0) is 19.9. The highest BCUT2D eigenvalue weighted by Gasteiger charge is 2.15. The number of benzene rings is 3. The van der Waals surface area contributed by atoms with Crippen LogP contribution in [-0.2, 0) is 6.54 Å². The number of anilines is 1. The van der Waals surface area contributed by atoms with Gasteiger partial charge in [-0.2, -0.15) is 0 Å². The van der Waals surface area contributed by atoms with Crippen LogP contribution < -0.4 is 15.4 Å². The van der Waals surface area contributed by atoms with Gasteiger partial charge >= 0.3 is 0 Å². The number of nitrogens with one attached hydrogen (secondary N) is 2. The van der Waals surface area contributed by atoms with Crippen LogP contribution in [0.3, 0.4) is 0 Å². The van der Waals surface area contributed by atoms with Crippen molar-refractivity contribution in [2.24, 2.45) is 0 Å². The molecule has 0 atom stereocenters. The third-order valence-electron chi connectivity index (χ3n) is 4.44. The molecule has 0 radical (unpaired) electrons. The Hall–Kier alpha value is -3.60. The Morgan fingerprint density at radius 3 is 2.21 bits per heavy atom. The van der Waals surface area contributed by atoms with E-state index in [1.807, 2.05) is 49.4 Å². The van der Waals surface area contributed by atoms with Crippen molar-refractivity contribution in [3.05, 3.63) is 95.1 Å². The van der Waals surface area contributed by atoms with E-state index in [-0.39, 0.29) is 11.8 Å². The first-order valence-electron chi connectivity index (χ1n) is 8.96. The number of amides is 2. The number of aryl methyl sites for hydroxylation is 1. The average Bonchev–Trinajstić information content (AvgIpc) is 2.72. The molecule has 0 unspecified atom stereocenters. The smallest absolute Gasteiger partial charge is 0.255 e. The summed E-state index contributed by atoms with van der Waals surface area (Å²) in [6.07, 6.45) is 0. The number of hydrogen-bond acceptors (Lipinski definition) is 3. The SMILES string of the molecule is COc1ccccc1CNC(=O)c1ccccc1NC(=O)c1ccccc1C. The molecule has 3 rings (SSSR count). The van der Waals surface area contributed by atoms with Crippen LogP contribution in [0.5, 0.6) is 5.75 Å². The molecule has 0 aliphatic carbocycles. The van der Waals surface area contributed by atoms with Gasteiger partial charge in [0.15, 0.2) is 0 Å². The predicted octanol–water partition coefficient (Wildman–Crippen LogP) is 4.19. The summed E-state index contributed by atoms with van der Waals surface area (Å²) in [4.78, 5) is 25.3. The van der Waals surface area contributed by atoms with E-state index < -0.39 is 0 Å². The van der Waals surface area contributed by atoms with Crippen molar-refractivity contribution in [3.8, 4) is 5.75 Å². The third kappa shape index (κ3) is 4.38. The Balaban J connectivity index is 1.75. The molecule has 0 saturated carbocycles. The molecular formula is C23H22N2O3. The molecule has 5 nitrogen and oxygen atoms in total. The highest BCUT2D eigenvalue weighted by atomic mass is 16.5. The molecule has 0 heterocycles. The summed E-state index contributed by atoms with van der Waals surface area (Å²) in [5, 5.41) is 5.73. The Labute approximate surface area is 164 Å². The maximum atomic E-state index is 12.7. The van der Waals surface area contributed by atoms with Crippen molar-refractivity contribution >= 4 is 17.5 Å². The van der Waals surface area contributed by atoms with Crippen LogP contribution in [0, 0.1) is 6.92 Å². The van der Waals surface area contributed by atoms with Crippen LogP contribution in [0.1, 0.15) is 31.8 Å². The van der Waals surface area contributed by atoms with Gasteiger partial charge in [0.2, 0.25) is 0 Å². The Bertz CT molecular complexity index is 998. The molecule has 0 spiro atoms.